The Kier molecular flexibility index (Phi) is 3.29. The molecular weight excluding hydrogens is 188 g/mol. The molecule has 1 saturated carbocycles. The highest BCUT2D eigenvalue weighted by atomic mass is 16.2. The van der Waals surface area contributed by atoms with Crippen LogP contribution in [0.3, 0.4) is 0 Å². The van der Waals surface area contributed by atoms with Crippen molar-refractivity contribution in [1.82, 2.24) is 10.6 Å². The average Bonchev–Trinajstić information content (AvgIpc) is 2.94. The number of carbonyl (C=O) groups is 1. The van der Waals surface area contributed by atoms with Crippen LogP contribution in [0.1, 0.15) is 45.4 Å². The summed E-state index contributed by atoms with van der Waals surface area (Å²) in [5, 5.41) is 6.45. The molecule has 0 radical (unpaired) electrons. The molecule has 2 rings (SSSR count). The highest BCUT2D eigenvalue weighted by molar-refractivity contribution is 5.86. The Balaban J connectivity index is 1.76. The van der Waals surface area contributed by atoms with Gasteiger partial charge in [0.05, 0.1) is 5.54 Å². The molecule has 0 bridgehead atoms. The Morgan fingerprint density at radius 3 is 2.87 bits per heavy atom. The van der Waals surface area contributed by atoms with Crippen LogP contribution in [-0.2, 0) is 4.79 Å². The fraction of sp³-hybridized carbons (Fsp3) is 0.917. The van der Waals surface area contributed by atoms with Gasteiger partial charge in [-0.2, -0.15) is 0 Å². The maximum atomic E-state index is 12.0. The maximum Gasteiger partial charge on any atom is 0.240 e. The van der Waals surface area contributed by atoms with E-state index >= 15 is 0 Å². The van der Waals surface area contributed by atoms with Crippen LogP contribution in [0.4, 0.5) is 0 Å². The van der Waals surface area contributed by atoms with Crippen molar-refractivity contribution in [1.29, 1.82) is 0 Å². The zero-order valence-corrected chi connectivity index (χ0v) is 9.64. The number of rotatable bonds is 5. The largest absolute Gasteiger partial charge is 0.354 e. The number of hydrogen-bond acceptors (Lipinski definition) is 2. The Morgan fingerprint density at radius 2 is 2.33 bits per heavy atom. The number of hydrogen-bond donors (Lipinski definition) is 2. The molecule has 15 heavy (non-hydrogen) atoms. The van der Waals surface area contributed by atoms with Crippen molar-refractivity contribution in [3.63, 3.8) is 0 Å². The fourth-order valence-corrected chi connectivity index (χ4v) is 2.43. The molecule has 1 unspecified atom stereocenters. The third kappa shape index (κ3) is 2.51. The average molecular weight is 210 g/mol. The van der Waals surface area contributed by atoms with Crippen molar-refractivity contribution in [3.8, 4) is 0 Å². The lowest BCUT2D eigenvalue weighted by Crippen LogP contribution is -2.53. The Morgan fingerprint density at radius 1 is 1.53 bits per heavy atom. The van der Waals surface area contributed by atoms with Crippen molar-refractivity contribution < 1.29 is 4.79 Å². The van der Waals surface area contributed by atoms with Gasteiger partial charge in [0, 0.05) is 6.54 Å². The van der Waals surface area contributed by atoms with Crippen molar-refractivity contribution in [2.45, 2.75) is 51.0 Å². The lowest BCUT2D eigenvalue weighted by Gasteiger charge is -2.26. The Labute approximate surface area is 92.0 Å². The van der Waals surface area contributed by atoms with E-state index in [1.54, 1.807) is 0 Å². The zero-order valence-electron chi connectivity index (χ0n) is 9.64. The molecule has 3 nitrogen and oxygen atoms in total. The molecule has 2 fully saturated rings. The first kappa shape index (κ1) is 10.9. The lowest BCUT2D eigenvalue weighted by molar-refractivity contribution is -0.127. The lowest BCUT2D eigenvalue weighted by atomic mass is 9.93. The molecule has 1 amide bonds. The second kappa shape index (κ2) is 4.52. The molecule has 0 aromatic heterocycles. The standard InChI is InChI=1S/C12H22N2O/c1-2-12(7-3-8-14-12)11(15)13-9-6-10-4-5-10/h10,14H,2-9H2,1H3,(H,13,15). The van der Waals surface area contributed by atoms with Gasteiger partial charge < -0.3 is 10.6 Å². The van der Waals surface area contributed by atoms with Crippen LogP contribution >= 0.6 is 0 Å². The van der Waals surface area contributed by atoms with Gasteiger partial charge in [0.1, 0.15) is 0 Å². The normalized spacial score (nSPS) is 30.5. The maximum absolute atomic E-state index is 12.0. The molecule has 1 aliphatic carbocycles. The van der Waals surface area contributed by atoms with Crippen LogP contribution in [0.15, 0.2) is 0 Å². The molecule has 3 heteroatoms. The van der Waals surface area contributed by atoms with E-state index in [2.05, 4.69) is 17.6 Å². The molecule has 1 heterocycles. The molecular formula is C12H22N2O. The molecule has 0 aromatic rings. The van der Waals surface area contributed by atoms with E-state index in [1.165, 1.54) is 19.3 Å². The van der Waals surface area contributed by atoms with Crippen molar-refractivity contribution in [3.05, 3.63) is 0 Å². The molecule has 1 atom stereocenters. The van der Waals surface area contributed by atoms with Crippen molar-refractivity contribution in [2.75, 3.05) is 13.1 Å². The number of carbonyl (C=O) groups excluding carboxylic acids is 1. The minimum absolute atomic E-state index is 0.225. The molecule has 0 aromatic carbocycles. The quantitative estimate of drug-likeness (QED) is 0.721. The third-order valence-corrected chi connectivity index (χ3v) is 3.82. The van der Waals surface area contributed by atoms with Gasteiger partial charge in [-0.1, -0.05) is 19.8 Å². The van der Waals surface area contributed by atoms with Crippen LogP contribution in [0.5, 0.6) is 0 Å². The second-order valence-electron chi connectivity index (χ2n) is 4.95. The summed E-state index contributed by atoms with van der Waals surface area (Å²) in [7, 11) is 0. The van der Waals surface area contributed by atoms with Crippen LogP contribution in [0.2, 0.25) is 0 Å². The first-order chi connectivity index (χ1) is 7.27. The van der Waals surface area contributed by atoms with Gasteiger partial charge >= 0.3 is 0 Å². The van der Waals surface area contributed by atoms with Gasteiger partial charge in [-0.05, 0) is 38.1 Å². The SMILES string of the molecule is CCC1(C(=O)NCCC2CC2)CCCN1. The highest BCUT2D eigenvalue weighted by Crippen LogP contribution is 2.31. The Hall–Kier alpha value is -0.570. The number of amides is 1. The molecule has 1 aliphatic heterocycles. The zero-order chi connectivity index (χ0) is 10.7. The summed E-state index contributed by atoms with van der Waals surface area (Å²) in [6.07, 6.45) is 6.94. The summed E-state index contributed by atoms with van der Waals surface area (Å²) >= 11 is 0. The van der Waals surface area contributed by atoms with Gasteiger partial charge in [0.25, 0.3) is 0 Å². The summed E-state index contributed by atoms with van der Waals surface area (Å²) in [5.74, 6) is 1.13. The predicted octanol–water partition coefficient (Wildman–Crippen LogP) is 1.43. The summed E-state index contributed by atoms with van der Waals surface area (Å²) in [6, 6.07) is 0. The van der Waals surface area contributed by atoms with E-state index in [-0.39, 0.29) is 11.4 Å². The van der Waals surface area contributed by atoms with Gasteiger partial charge in [-0.25, -0.2) is 0 Å². The van der Waals surface area contributed by atoms with Gasteiger partial charge in [0.2, 0.25) is 5.91 Å². The second-order valence-corrected chi connectivity index (χ2v) is 4.95. The van der Waals surface area contributed by atoms with E-state index in [4.69, 9.17) is 0 Å². The molecule has 2 aliphatic rings. The molecule has 1 saturated heterocycles. The number of nitrogens with one attached hydrogen (secondary N) is 2. The summed E-state index contributed by atoms with van der Waals surface area (Å²) in [5.41, 5.74) is -0.246. The van der Waals surface area contributed by atoms with E-state index in [0.717, 1.165) is 38.3 Å². The van der Waals surface area contributed by atoms with Crippen LogP contribution in [0.25, 0.3) is 0 Å². The molecule has 2 N–H and O–H groups in total. The van der Waals surface area contributed by atoms with Crippen molar-refractivity contribution >= 4 is 5.91 Å². The highest BCUT2D eigenvalue weighted by Gasteiger charge is 2.38. The minimum atomic E-state index is -0.246. The predicted molar refractivity (Wildman–Crippen MR) is 60.6 cm³/mol. The molecule has 0 spiro atoms. The topological polar surface area (TPSA) is 41.1 Å². The van der Waals surface area contributed by atoms with Gasteiger partial charge in [-0.3, -0.25) is 4.79 Å². The van der Waals surface area contributed by atoms with Crippen LogP contribution in [0, 0.1) is 5.92 Å². The summed E-state index contributed by atoms with van der Waals surface area (Å²) in [4.78, 5) is 12.0. The summed E-state index contributed by atoms with van der Waals surface area (Å²) < 4.78 is 0. The first-order valence-corrected chi connectivity index (χ1v) is 6.30. The van der Waals surface area contributed by atoms with Gasteiger partial charge in [-0.15, -0.1) is 0 Å². The monoisotopic (exact) mass is 210 g/mol. The third-order valence-electron chi connectivity index (χ3n) is 3.82. The fourth-order valence-electron chi connectivity index (χ4n) is 2.43. The molecule has 86 valence electrons. The van der Waals surface area contributed by atoms with E-state index in [9.17, 15) is 4.79 Å². The van der Waals surface area contributed by atoms with Gasteiger partial charge in [0.15, 0.2) is 0 Å². The smallest absolute Gasteiger partial charge is 0.240 e. The van der Waals surface area contributed by atoms with Crippen LogP contribution in [-0.4, -0.2) is 24.5 Å². The summed E-state index contributed by atoms with van der Waals surface area (Å²) in [6.45, 7) is 3.95. The van der Waals surface area contributed by atoms with E-state index in [1.807, 2.05) is 0 Å². The van der Waals surface area contributed by atoms with E-state index in [0.29, 0.717) is 0 Å². The van der Waals surface area contributed by atoms with Crippen LogP contribution < -0.4 is 10.6 Å². The van der Waals surface area contributed by atoms with Crippen molar-refractivity contribution in [2.24, 2.45) is 5.92 Å². The Bertz CT molecular complexity index is 230. The minimum Gasteiger partial charge on any atom is -0.354 e. The van der Waals surface area contributed by atoms with E-state index < -0.39 is 0 Å². The first-order valence-electron chi connectivity index (χ1n) is 6.30.